The zero-order chi connectivity index (χ0) is 16.8. The van der Waals surface area contributed by atoms with Crippen molar-refractivity contribution >= 4 is 11.6 Å². The molecule has 4 heteroatoms. The fourth-order valence-electron chi connectivity index (χ4n) is 2.20. The summed E-state index contributed by atoms with van der Waals surface area (Å²) in [7, 11) is 1.63. The highest BCUT2D eigenvalue weighted by Gasteiger charge is 2.07. The molecule has 23 heavy (non-hydrogen) atoms. The summed E-state index contributed by atoms with van der Waals surface area (Å²) in [5, 5.41) is 4.27. The first-order chi connectivity index (χ1) is 11.0. The molecule has 0 saturated heterocycles. The van der Waals surface area contributed by atoms with Crippen LogP contribution in [0, 0.1) is 13.8 Å². The molecule has 0 spiro atoms. The minimum Gasteiger partial charge on any atom is -0.497 e. The fourth-order valence-corrected chi connectivity index (χ4v) is 2.20. The van der Waals surface area contributed by atoms with Crippen LogP contribution >= 0.6 is 0 Å². The molecule has 2 aromatic carbocycles. The summed E-state index contributed by atoms with van der Waals surface area (Å²) in [6.45, 7) is 6.02. The summed E-state index contributed by atoms with van der Waals surface area (Å²) in [5.41, 5.74) is 7.30. The van der Waals surface area contributed by atoms with Gasteiger partial charge in [0, 0.05) is 5.56 Å². The Labute approximate surface area is 137 Å². The number of nitrogens with one attached hydrogen (secondary N) is 1. The van der Waals surface area contributed by atoms with Crippen molar-refractivity contribution < 1.29 is 9.53 Å². The SMILES string of the molecule is CC/C(=N\NC(=O)c1ccc(C)c(C)c1)c1ccc(OC)cc1. The summed E-state index contributed by atoms with van der Waals surface area (Å²) in [6.07, 6.45) is 0.722. The van der Waals surface area contributed by atoms with Crippen molar-refractivity contribution in [2.24, 2.45) is 5.10 Å². The number of rotatable bonds is 5. The van der Waals surface area contributed by atoms with E-state index < -0.39 is 0 Å². The van der Waals surface area contributed by atoms with E-state index in [0.717, 1.165) is 34.6 Å². The predicted octanol–water partition coefficient (Wildman–Crippen LogP) is 3.86. The van der Waals surface area contributed by atoms with Crippen molar-refractivity contribution in [1.82, 2.24) is 5.43 Å². The molecular weight excluding hydrogens is 288 g/mol. The third-order valence-corrected chi connectivity index (χ3v) is 3.82. The Balaban J connectivity index is 2.14. The van der Waals surface area contributed by atoms with E-state index in [4.69, 9.17) is 4.74 Å². The molecule has 0 radical (unpaired) electrons. The summed E-state index contributed by atoms with van der Waals surface area (Å²) in [5.74, 6) is 0.593. The van der Waals surface area contributed by atoms with Crippen molar-refractivity contribution in [3.05, 3.63) is 64.7 Å². The molecule has 0 heterocycles. The zero-order valence-corrected chi connectivity index (χ0v) is 14.0. The second kappa shape index (κ2) is 7.58. The Bertz CT molecular complexity index is 719. The van der Waals surface area contributed by atoms with Gasteiger partial charge in [0.2, 0.25) is 0 Å². The maximum atomic E-state index is 12.2. The van der Waals surface area contributed by atoms with E-state index in [1.54, 1.807) is 7.11 Å². The summed E-state index contributed by atoms with van der Waals surface area (Å²) in [4.78, 5) is 12.2. The van der Waals surface area contributed by atoms with Crippen molar-refractivity contribution in [3.63, 3.8) is 0 Å². The molecule has 0 unspecified atom stereocenters. The molecule has 1 amide bonds. The molecule has 0 saturated carbocycles. The first kappa shape index (κ1) is 16.7. The van der Waals surface area contributed by atoms with E-state index in [-0.39, 0.29) is 5.91 Å². The minimum atomic E-state index is -0.201. The molecule has 0 bridgehead atoms. The van der Waals surface area contributed by atoms with Crippen LogP contribution < -0.4 is 10.2 Å². The second-order valence-electron chi connectivity index (χ2n) is 5.38. The summed E-state index contributed by atoms with van der Waals surface area (Å²) >= 11 is 0. The van der Waals surface area contributed by atoms with Crippen LogP contribution in [0.5, 0.6) is 5.75 Å². The highest BCUT2D eigenvalue weighted by Crippen LogP contribution is 2.13. The van der Waals surface area contributed by atoms with Crippen molar-refractivity contribution in [3.8, 4) is 5.75 Å². The van der Waals surface area contributed by atoms with E-state index >= 15 is 0 Å². The van der Waals surface area contributed by atoms with Gasteiger partial charge in [0.25, 0.3) is 5.91 Å². The molecule has 4 nitrogen and oxygen atoms in total. The van der Waals surface area contributed by atoms with Gasteiger partial charge in [-0.05, 0) is 73.4 Å². The van der Waals surface area contributed by atoms with Gasteiger partial charge in [-0.3, -0.25) is 4.79 Å². The number of methoxy groups -OCH3 is 1. The van der Waals surface area contributed by atoms with Gasteiger partial charge in [0.05, 0.1) is 12.8 Å². The molecule has 0 fully saturated rings. The predicted molar refractivity (Wildman–Crippen MR) is 93.2 cm³/mol. The van der Waals surface area contributed by atoms with E-state index in [9.17, 15) is 4.79 Å². The fraction of sp³-hybridized carbons (Fsp3) is 0.263. The quantitative estimate of drug-likeness (QED) is 0.673. The molecule has 0 atom stereocenters. The van der Waals surface area contributed by atoms with E-state index in [1.807, 2.05) is 63.2 Å². The van der Waals surface area contributed by atoms with Crippen molar-refractivity contribution in [1.29, 1.82) is 0 Å². The number of nitrogens with zero attached hydrogens (tertiary/aromatic N) is 1. The average Bonchev–Trinajstić information content (AvgIpc) is 2.58. The maximum Gasteiger partial charge on any atom is 0.271 e. The number of benzene rings is 2. The Morgan fingerprint density at radius 2 is 1.70 bits per heavy atom. The van der Waals surface area contributed by atoms with Crippen LogP contribution in [-0.4, -0.2) is 18.7 Å². The number of carbonyl (C=O) groups is 1. The van der Waals surface area contributed by atoms with E-state index in [0.29, 0.717) is 5.56 Å². The lowest BCUT2D eigenvalue weighted by molar-refractivity contribution is 0.0954. The molecule has 2 rings (SSSR count). The lowest BCUT2D eigenvalue weighted by Gasteiger charge is -2.07. The molecule has 1 N–H and O–H groups in total. The lowest BCUT2D eigenvalue weighted by atomic mass is 10.1. The summed E-state index contributed by atoms with van der Waals surface area (Å²) in [6, 6.07) is 13.3. The number of hydrazone groups is 1. The molecule has 0 aliphatic heterocycles. The first-order valence-electron chi connectivity index (χ1n) is 7.63. The smallest absolute Gasteiger partial charge is 0.271 e. The number of hydrogen-bond acceptors (Lipinski definition) is 3. The zero-order valence-electron chi connectivity index (χ0n) is 14.0. The van der Waals surface area contributed by atoms with Gasteiger partial charge in [-0.25, -0.2) is 5.43 Å². The highest BCUT2D eigenvalue weighted by molar-refractivity contribution is 6.02. The molecule has 120 valence electrons. The Morgan fingerprint density at radius 3 is 2.26 bits per heavy atom. The van der Waals surface area contributed by atoms with Gasteiger partial charge in [-0.15, -0.1) is 0 Å². The van der Waals surface area contributed by atoms with Crippen LogP contribution in [0.4, 0.5) is 0 Å². The van der Waals surface area contributed by atoms with Crippen LogP contribution in [-0.2, 0) is 0 Å². The van der Waals surface area contributed by atoms with Gasteiger partial charge >= 0.3 is 0 Å². The van der Waals surface area contributed by atoms with Crippen LogP contribution in [0.2, 0.25) is 0 Å². The number of aryl methyl sites for hydroxylation is 2. The van der Waals surface area contributed by atoms with Gasteiger partial charge in [0.15, 0.2) is 0 Å². The Kier molecular flexibility index (Phi) is 5.52. The average molecular weight is 310 g/mol. The monoisotopic (exact) mass is 310 g/mol. The number of hydrogen-bond donors (Lipinski definition) is 1. The Morgan fingerprint density at radius 1 is 1.04 bits per heavy atom. The summed E-state index contributed by atoms with van der Waals surface area (Å²) < 4.78 is 5.15. The Hall–Kier alpha value is -2.62. The number of ether oxygens (including phenoxy) is 1. The minimum absolute atomic E-state index is 0.201. The standard InChI is InChI=1S/C19H22N2O2/c1-5-18(15-8-10-17(23-4)11-9-15)20-21-19(22)16-7-6-13(2)14(3)12-16/h6-12H,5H2,1-4H3,(H,21,22)/b20-18+. The maximum absolute atomic E-state index is 12.2. The second-order valence-corrected chi connectivity index (χ2v) is 5.38. The molecule has 0 aromatic heterocycles. The number of carbonyl (C=O) groups excluding carboxylic acids is 1. The van der Waals surface area contributed by atoms with Crippen molar-refractivity contribution in [2.75, 3.05) is 7.11 Å². The first-order valence-corrected chi connectivity index (χ1v) is 7.63. The lowest BCUT2D eigenvalue weighted by Crippen LogP contribution is -2.20. The van der Waals surface area contributed by atoms with Gasteiger partial charge in [-0.1, -0.05) is 13.0 Å². The van der Waals surface area contributed by atoms with Gasteiger partial charge in [0.1, 0.15) is 5.75 Å². The van der Waals surface area contributed by atoms with Crippen LogP contribution in [0.3, 0.4) is 0 Å². The van der Waals surface area contributed by atoms with Crippen LogP contribution in [0.25, 0.3) is 0 Å². The third kappa shape index (κ3) is 4.19. The van der Waals surface area contributed by atoms with Crippen molar-refractivity contribution in [2.45, 2.75) is 27.2 Å². The van der Waals surface area contributed by atoms with Gasteiger partial charge < -0.3 is 4.74 Å². The number of amides is 1. The molecule has 0 aliphatic carbocycles. The molecule has 0 aliphatic rings. The topological polar surface area (TPSA) is 50.7 Å². The van der Waals surface area contributed by atoms with Crippen LogP contribution in [0.1, 0.15) is 40.4 Å². The normalized spacial score (nSPS) is 11.2. The molecular formula is C19H22N2O2. The highest BCUT2D eigenvalue weighted by atomic mass is 16.5. The van der Waals surface area contributed by atoms with Crippen LogP contribution in [0.15, 0.2) is 47.6 Å². The van der Waals surface area contributed by atoms with Gasteiger partial charge in [-0.2, -0.15) is 5.10 Å². The van der Waals surface area contributed by atoms with E-state index in [1.165, 1.54) is 0 Å². The largest absolute Gasteiger partial charge is 0.497 e. The molecule has 2 aromatic rings. The van der Waals surface area contributed by atoms with E-state index in [2.05, 4.69) is 10.5 Å². The third-order valence-electron chi connectivity index (χ3n) is 3.82.